The molecule has 0 aliphatic heterocycles. The fourth-order valence-corrected chi connectivity index (χ4v) is 1.22. The molecule has 5 heteroatoms. The molecule has 1 heterocycles. The van der Waals surface area contributed by atoms with Gasteiger partial charge in [-0.25, -0.2) is 9.97 Å². The number of nitriles is 1. The number of nitrogens with zero attached hydrogens (tertiary/aromatic N) is 3. The molecule has 1 aromatic rings. The van der Waals surface area contributed by atoms with Gasteiger partial charge in [0.1, 0.15) is 6.07 Å². The highest BCUT2D eigenvalue weighted by Gasteiger charge is 2.13. The van der Waals surface area contributed by atoms with Crippen LogP contribution in [0.5, 0.6) is 0 Å². The van der Waals surface area contributed by atoms with Gasteiger partial charge in [0.25, 0.3) is 0 Å². The van der Waals surface area contributed by atoms with E-state index in [1.54, 1.807) is 0 Å². The number of aliphatic hydroxyl groups excluding tert-OH is 1. The van der Waals surface area contributed by atoms with Gasteiger partial charge in [-0.15, -0.1) is 0 Å². The Hall–Kier alpha value is -1.67. The van der Waals surface area contributed by atoms with E-state index in [1.807, 2.05) is 19.9 Å². The van der Waals surface area contributed by atoms with Gasteiger partial charge in [0, 0.05) is 18.9 Å². The van der Waals surface area contributed by atoms with E-state index in [1.165, 1.54) is 12.4 Å². The van der Waals surface area contributed by atoms with Gasteiger partial charge in [-0.05, 0) is 5.92 Å². The van der Waals surface area contributed by atoms with E-state index in [9.17, 15) is 5.11 Å². The summed E-state index contributed by atoms with van der Waals surface area (Å²) in [6.45, 7) is 4.38. The molecule has 1 rings (SSSR count). The van der Waals surface area contributed by atoms with E-state index in [-0.39, 0.29) is 11.6 Å². The lowest BCUT2D eigenvalue weighted by molar-refractivity contribution is 0.126. The monoisotopic (exact) mass is 220 g/mol. The Labute approximate surface area is 95.2 Å². The molecule has 2 unspecified atom stereocenters. The summed E-state index contributed by atoms with van der Waals surface area (Å²) in [5.41, 5.74) is 0.249. The van der Waals surface area contributed by atoms with Crippen molar-refractivity contribution in [3.8, 4) is 6.07 Å². The van der Waals surface area contributed by atoms with Gasteiger partial charge in [-0.3, -0.25) is 0 Å². The Morgan fingerprint density at radius 1 is 1.50 bits per heavy atom. The van der Waals surface area contributed by atoms with Crippen LogP contribution in [0.4, 0.5) is 5.82 Å². The van der Waals surface area contributed by atoms with Crippen LogP contribution < -0.4 is 5.32 Å². The maximum atomic E-state index is 9.75. The average molecular weight is 220 g/mol. The molecule has 0 aliphatic rings. The molecule has 0 fully saturated rings. The zero-order valence-electron chi connectivity index (χ0n) is 9.51. The molecule has 0 saturated carbocycles. The zero-order chi connectivity index (χ0) is 12.0. The smallest absolute Gasteiger partial charge is 0.182 e. The van der Waals surface area contributed by atoms with Gasteiger partial charge in [0.15, 0.2) is 11.5 Å². The summed E-state index contributed by atoms with van der Waals surface area (Å²) in [5, 5.41) is 21.5. The molecule has 0 radical (unpaired) electrons. The molecule has 0 aromatic carbocycles. The van der Waals surface area contributed by atoms with Crippen molar-refractivity contribution in [1.82, 2.24) is 9.97 Å². The molecule has 0 aliphatic carbocycles. The van der Waals surface area contributed by atoms with Gasteiger partial charge < -0.3 is 10.4 Å². The van der Waals surface area contributed by atoms with E-state index in [2.05, 4.69) is 15.3 Å². The van der Waals surface area contributed by atoms with Gasteiger partial charge in [-0.2, -0.15) is 5.26 Å². The predicted molar refractivity (Wildman–Crippen MR) is 60.7 cm³/mol. The summed E-state index contributed by atoms with van der Waals surface area (Å²) in [4.78, 5) is 7.87. The maximum Gasteiger partial charge on any atom is 0.182 e. The van der Waals surface area contributed by atoms with Crippen molar-refractivity contribution in [3.05, 3.63) is 18.1 Å². The van der Waals surface area contributed by atoms with Crippen LogP contribution in [0, 0.1) is 17.2 Å². The number of hydrogen-bond donors (Lipinski definition) is 2. The van der Waals surface area contributed by atoms with Crippen molar-refractivity contribution in [2.24, 2.45) is 5.92 Å². The lowest BCUT2D eigenvalue weighted by Gasteiger charge is -2.17. The quantitative estimate of drug-likeness (QED) is 0.778. The Kier molecular flexibility index (Phi) is 4.67. The number of rotatable bonds is 5. The first-order valence-electron chi connectivity index (χ1n) is 5.32. The molecule has 0 amide bonds. The molecule has 16 heavy (non-hydrogen) atoms. The fraction of sp³-hybridized carbons (Fsp3) is 0.545. The van der Waals surface area contributed by atoms with Crippen molar-refractivity contribution in [2.45, 2.75) is 26.4 Å². The highest BCUT2D eigenvalue weighted by Crippen LogP contribution is 2.10. The third-order valence-corrected chi connectivity index (χ3v) is 2.58. The van der Waals surface area contributed by atoms with E-state index in [0.717, 1.165) is 6.42 Å². The maximum absolute atomic E-state index is 9.75. The molecule has 0 saturated heterocycles. The van der Waals surface area contributed by atoms with Crippen molar-refractivity contribution < 1.29 is 5.11 Å². The third-order valence-electron chi connectivity index (χ3n) is 2.58. The lowest BCUT2D eigenvalue weighted by atomic mass is 10.0. The average Bonchev–Trinajstić information content (AvgIpc) is 2.35. The topological polar surface area (TPSA) is 81.8 Å². The van der Waals surface area contributed by atoms with E-state index < -0.39 is 6.10 Å². The molecule has 5 nitrogen and oxygen atoms in total. The van der Waals surface area contributed by atoms with Crippen molar-refractivity contribution >= 4 is 5.82 Å². The second-order valence-corrected chi connectivity index (χ2v) is 3.70. The summed E-state index contributed by atoms with van der Waals surface area (Å²) in [5.74, 6) is 0.641. The van der Waals surface area contributed by atoms with Gasteiger partial charge in [0.2, 0.25) is 0 Å². The number of nitrogens with one attached hydrogen (secondary N) is 1. The molecule has 2 N–H and O–H groups in total. The number of aliphatic hydroxyl groups is 1. The van der Waals surface area contributed by atoms with Crippen molar-refractivity contribution in [2.75, 3.05) is 11.9 Å². The van der Waals surface area contributed by atoms with Crippen LogP contribution in [0.1, 0.15) is 26.0 Å². The highest BCUT2D eigenvalue weighted by atomic mass is 16.3. The van der Waals surface area contributed by atoms with E-state index >= 15 is 0 Å². The third kappa shape index (κ3) is 3.17. The fourth-order valence-electron chi connectivity index (χ4n) is 1.22. The lowest BCUT2D eigenvalue weighted by Crippen LogP contribution is -2.26. The molecule has 0 bridgehead atoms. The first-order valence-corrected chi connectivity index (χ1v) is 5.32. The largest absolute Gasteiger partial charge is 0.391 e. The molecule has 2 atom stereocenters. The minimum absolute atomic E-state index is 0.217. The summed E-state index contributed by atoms with van der Waals surface area (Å²) in [7, 11) is 0. The van der Waals surface area contributed by atoms with E-state index in [4.69, 9.17) is 5.26 Å². The van der Waals surface area contributed by atoms with Gasteiger partial charge in [-0.1, -0.05) is 20.3 Å². The predicted octanol–water partition coefficient (Wildman–Crippen LogP) is 1.17. The highest BCUT2D eigenvalue weighted by molar-refractivity contribution is 5.46. The normalized spacial score (nSPS) is 13.9. The van der Waals surface area contributed by atoms with Gasteiger partial charge >= 0.3 is 0 Å². The Balaban J connectivity index is 2.58. The molecule has 86 valence electrons. The van der Waals surface area contributed by atoms with Crippen molar-refractivity contribution in [3.63, 3.8) is 0 Å². The molecule has 0 spiro atoms. The Morgan fingerprint density at radius 2 is 2.19 bits per heavy atom. The Bertz CT molecular complexity index is 374. The SMILES string of the molecule is CCC(C)C(O)CNc1nccnc1C#N. The zero-order valence-corrected chi connectivity index (χ0v) is 9.51. The number of aromatic nitrogens is 2. The standard InChI is InChI=1S/C11H16N4O/c1-3-8(2)10(16)7-15-11-9(6-12)13-4-5-14-11/h4-5,8,10,16H,3,7H2,1-2H3,(H,14,15). The van der Waals surface area contributed by atoms with Crippen LogP contribution in [0.3, 0.4) is 0 Å². The summed E-state index contributed by atoms with van der Waals surface area (Å²) in [6, 6.07) is 1.94. The second kappa shape index (κ2) is 6.03. The molecular formula is C11H16N4O. The van der Waals surface area contributed by atoms with Crippen molar-refractivity contribution in [1.29, 1.82) is 5.26 Å². The minimum Gasteiger partial charge on any atom is -0.391 e. The first kappa shape index (κ1) is 12.4. The minimum atomic E-state index is -0.446. The Morgan fingerprint density at radius 3 is 2.81 bits per heavy atom. The number of hydrogen-bond acceptors (Lipinski definition) is 5. The summed E-state index contributed by atoms with van der Waals surface area (Å²) >= 11 is 0. The van der Waals surface area contributed by atoms with Crippen LogP contribution in [0.25, 0.3) is 0 Å². The summed E-state index contributed by atoms with van der Waals surface area (Å²) in [6.07, 6.45) is 3.45. The summed E-state index contributed by atoms with van der Waals surface area (Å²) < 4.78 is 0. The van der Waals surface area contributed by atoms with Crippen LogP contribution >= 0.6 is 0 Å². The second-order valence-electron chi connectivity index (χ2n) is 3.70. The molecular weight excluding hydrogens is 204 g/mol. The van der Waals surface area contributed by atoms with Crippen LogP contribution in [0.2, 0.25) is 0 Å². The first-order chi connectivity index (χ1) is 7.69. The van der Waals surface area contributed by atoms with Gasteiger partial charge in [0.05, 0.1) is 6.10 Å². The van der Waals surface area contributed by atoms with Crippen LogP contribution in [-0.2, 0) is 0 Å². The molecule has 1 aromatic heterocycles. The van der Waals surface area contributed by atoms with Crippen LogP contribution in [-0.4, -0.2) is 27.7 Å². The van der Waals surface area contributed by atoms with E-state index in [0.29, 0.717) is 12.4 Å². The van der Waals surface area contributed by atoms with Crippen LogP contribution in [0.15, 0.2) is 12.4 Å². The number of anilines is 1.